The molecule has 2 amide bonds. The lowest BCUT2D eigenvalue weighted by Gasteiger charge is -2.32. The first kappa shape index (κ1) is 13.8. The Morgan fingerprint density at radius 1 is 1.00 bits per heavy atom. The van der Waals surface area contributed by atoms with E-state index < -0.39 is 29.7 Å². The first-order valence-corrected chi connectivity index (χ1v) is 6.82. The number of nitrogens with zero attached hydrogens (tertiary/aromatic N) is 1. The zero-order chi connectivity index (χ0) is 16.4. The second kappa shape index (κ2) is 4.34. The van der Waals surface area contributed by atoms with Gasteiger partial charge in [0.1, 0.15) is 6.17 Å². The number of para-hydroxylation sites is 1. The summed E-state index contributed by atoms with van der Waals surface area (Å²) in [6.45, 7) is 0. The van der Waals surface area contributed by atoms with Gasteiger partial charge in [-0.15, -0.1) is 0 Å². The van der Waals surface area contributed by atoms with E-state index in [0.29, 0.717) is 11.3 Å². The molecule has 23 heavy (non-hydrogen) atoms. The van der Waals surface area contributed by atoms with Gasteiger partial charge in [-0.2, -0.15) is 13.2 Å². The van der Waals surface area contributed by atoms with Crippen LogP contribution in [0, 0.1) is 0 Å². The Labute approximate surface area is 128 Å². The minimum atomic E-state index is -4.51. The highest BCUT2D eigenvalue weighted by atomic mass is 19.4. The van der Waals surface area contributed by atoms with E-state index in [-0.39, 0.29) is 11.1 Å². The predicted molar refractivity (Wildman–Crippen MR) is 74.9 cm³/mol. The Bertz CT molecular complexity index is 861. The van der Waals surface area contributed by atoms with E-state index in [1.807, 2.05) is 0 Å². The number of halogens is 3. The van der Waals surface area contributed by atoms with E-state index in [2.05, 4.69) is 5.32 Å². The van der Waals surface area contributed by atoms with Crippen LogP contribution in [0.5, 0.6) is 0 Å². The van der Waals surface area contributed by atoms with Crippen LogP contribution in [0.2, 0.25) is 0 Å². The largest absolute Gasteiger partial charge is 0.416 e. The number of benzene rings is 2. The lowest BCUT2D eigenvalue weighted by molar-refractivity contribution is -0.137. The van der Waals surface area contributed by atoms with Crippen LogP contribution in [0.15, 0.2) is 42.5 Å². The third-order valence-corrected chi connectivity index (χ3v) is 4.06. The summed E-state index contributed by atoms with van der Waals surface area (Å²) < 4.78 is 38.7. The van der Waals surface area contributed by atoms with E-state index in [1.54, 1.807) is 24.3 Å². The fraction of sp³-hybridized carbons (Fsp3) is 0.125. The fourth-order valence-electron chi connectivity index (χ4n) is 3.01. The zero-order valence-electron chi connectivity index (χ0n) is 11.5. The average Bonchev–Trinajstić information content (AvgIpc) is 2.79. The number of carbonyl (C=O) groups is 2. The van der Waals surface area contributed by atoms with Crippen LogP contribution in [0.1, 0.15) is 38.0 Å². The molecule has 2 aromatic rings. The number of hydrogen-bond donors (Lipinski definition) is 1. The second-order valence-corrected chi connectivity index (χ2v) is 5.37. The molecule has 2 aliphatic rings. The van der Waals surface area contributed by atoms with Crippen molar-refractivity contribution in [2.24, 2.45) is 0 Å². The fourth-order valence-corrected chi connectivity index (χ4v) is 3.01. The van der Waals surface area contributed by atoms with Gasteiger partial charge in [0.15, 0.2) is 0 Å². The SMILES string of the molecule is O=C1NC2c3cc(C(F)(F)F)ccc3C(=O)N2c2ccccc21. The molecule has 0 spiro atoms. The van der Waals surface area contributed by atoms with E-state index in [4.69, 9.17) is 0 Å². The number of carbonyl (C=O) groups excluding carboxylic acids is 2. The Kier molecular flexibility index (Phi) is 2.61. The molecule has 0 saturated carbocycles. The number of fused-ring (bicyclic) bond motifs is 5. The molecule has 0 radical (unpaired) electrons. The van der Waals surface area contributed by atoms with Crippen LogP contribution >= 0.6 is 0 Å². The quantitative estimate of drug-likeness (QED) is 0.811. The summed E-state index contributed by atoms with van der Waals surface area (Å²) in [4.78, 5) is 26.0. The van der Waals surface area contributed by atoms with Gasteiger partial charge in [0, 0.05) is 11.1 Å². The van der Waals surface area contributed by atoms with E-state index in [1.165, 1.54) is 4.90 Å². The highest BCUT2D eigenvalue weighted by Crippen LogP contribution is 2.42. The van der Waals surface area contributed by atoms with Crippen LogP contribution in [0.25, 0.3) is 0 Å². The molecule has 0 fully saturated rings. The van der Waals surface area contributed by atoms with Crippen LogP contribution < -0.4 is 10.2 Å². The topological polar surface area (TPSA) is 49.4 Å². The molecule has 2 aromatic carbocycles. The van der Waals surface area contributed by atoms with Crippen molar-refractivity contribution in [2.75, 3.05) is 4.90 Å². The molecule has 4 nitrogen and oxygen atoms in total. The van der Waals surface area contributed by atoms with E-state index in [0.717, 1.165) is 18.2 Å². The summed E-state index contributed by atoms with van der Waals surface area (Å²) >= 11 is 0. The summed E-state index contributed by atoms with van der Waals surface area (Å²) in [5.74, 6) is -0.842. The van der Waals surface area contributed by atoms with Crippen LogP contribution in [-0.4, -0.2) is 11.8 Å². The molecule has 2 heterocycles. The first-order valence-electron chi connectivity index (χ1n) is 6.82. The lowest BCUT2D eigenvalue weighted by atomic mass is 10.0. The van der Waals surface area contributed by atoms with Crippen LogP contribution in [0.3, 0.4) is 0 Å². The van der Waals surface area contributed by atoms with Gasteiger partial charge in [0.2, 0.25) is 0 Å². The molecule has 116 valence electrons. The number of alkyl halides is 3. The Balaban J connectivity index is 1.90. The van der Waals surface area contributed by atoms with Gasteiger partial charge < -0.3 is 5.32 Å². The van der Waals surface area contributed by atoms with Gasteiger partial charge in [-0.05, 0) is 30.3 Å². The average molecular weight is 318 g/mol. The highest BCUT2D eigenvalue weighted by molar-refractivity contribution is 6.16. The van der Waals surface area contributed by atoms with Crippen molar-refractivity contribution in [1.82, 2.24) is 5.32 Å². The maximum Gasteiger partial charge on any atom is 0.416 e. The van der Waals surface area contributed by atoms with Crippen molar-refractivity contribution in [3.8, 4) is 0 Å². The molecule has 0 bridgehead atoms. The third-order valence-electron chi connectivity index (χ3n) is 4.06. The Morgan fingerprint density at radius 2 is 1.74 bits per heavy atom. The number of nitrogens with one attached hydrogen (secondary N) is 1. The van der Waals surface area contributed by atoms with Gasteiger partial charge in [0.05, 0.1) is 16.8 Å². The lowest BCUT2D eigenvalue weighted by Crippen LogP contribution is -2.45. The van der Waals surface area contributed by atoms with Gasteiger partial charge in [-0.25, -0.2) is 0 Å². The van der Waals surface area contributed by atoms with Crippen molar-refractivity contribution < 1.29 is 22.8 Å². The molecule has 0 saturated heterocycles. The van der Waals surface area contributed by atoms with Gasteiger partial charge in [0.25, 0.3) is 11.8 Å². The van der Waals surface area contributed by atoms with Crippen LogP contribution in [-0.2, 0) is 6.18 Å². The second-order valence-electron chi connectivity index (χ2n) is 5.37. The summed E-state index contributed by atoms with van der Waals surface area (Å²) in [6.07, 6.45) is -5.43. The molecule has 1 N–H and O–H groups in total. The summed E-state index contributed by atoms with van der Waals surface area (Å²) in [6, 6.07) is 9.47. The molecule has 1 unspecified atom stereocenters. The summed E-state index contributed by atoms with van der Waals surface area (Å²) in [5.41, 5.74) is 0.198. The Morgan fingerprint density at radius 3 is 2.48 bits per heavy atom. The number of anilines is 1. The number of rotatable bonds is 0. The van der Waals surface area contributed by atoms with E-state index in [9.17, 15) is 22.8 Å². The van der Waals surface area contributed by atoms with Crippen molar-refractivity contribution in [3.05, 3.63) is 64.7 Å². The van der Waals surface area contributed by atoms with Crippen LogP contribution in [0.4, 0.5) is 18.9 Å². The normalized spacial score (nSPS) is 19.1. The molecule has 4 rings (SSSR count). The minimum absolute atomic E-state index is 0.160. The summed E-state index contributed by atoms with van der Waals surface area (Å²) in [7, 11) is 0. The molecule has 2 aliphatic heterocycles. The highest BCUT2D eigenvalue weighted by Gasteiger charge is 2.44. The van der Waals surface area contributed by atoms with E-state index >= 15 is 0 Å². The van der Waals surface area contributed by atoms with Gasteiger partial charge in [-0.3, -0.25) is 14.5 Å². The first-order chi connectivity index (χ1) is 10.9. The predicted octanol–water partition coefficient (Wildman–Crippen LogP) is 3.11. The van der Waals surface area contributed by atoms with Crippen molar-refractivity contribution in [1.29, 1.82) is 0 Å². The molecule has 0 aromatic heterocycles. The summed E-state index contributed by atoms with van der Waals surface area (Å²) in [5, 5.41) is 2.60. The van der Waals surface area contributed by atoms with Gasteiger partial charge in [-0.1, -0.05) is 12.1 Å². The van der Waals surface area contributed by atoms with Crippen molar-refractivity contribution in [3.63, 3.8) is 0 Å². The molecular weight excluding hydrogens is 309 g/mol. The molecule has 7 heteroatoms. The number of hydrogen-bond acceptors (Lipinski definition) is 2. The number of amides is 2. The maximum absolute atomic E-state index is 12.9. The standard InChI is InChI=1S/C16H9F3N2O2/c17-16(18,19)8-5-6-9-11(7-8)13-20-14(22)10-3-1-2-4-12(10)21(13)15(9)23/h1-7,13H,(H,20,22). The van der Waals surface area contributed by atoms with Crippen molar-refractivity contribution in [2.45, 2.75) is 12.3 Å². The molecular formula is C16H9F3N2O2. The van der Waals surface area contributed by atoms with Crippen molar-refractivity contribution >= 4 is 17.5 Å². The minimum Gasteiger partial charge on any atom is -0.327 e. The zero-order valence-corrected chi connectivity index (χ0v) is 11.5. The monoisotopic (exact) mass is 318 g/mol. The third kappa shape index (κ3) is 1.86. The smallest absolute Gasteiger partial charge is 0.327 e. The molecule has 0 aliphatic carbocycles. The Hall–Kier alpha value is -2.83. The molecule has 1 atom stereocenters. The maximum atomic E-state index is 12.9. The van der Waals surface area contributed by atoms with Gasteiger partial charge >= 0.3 is 6.18 Å².